The standard InChI is InChI=1S/C19H26ClF2N3O4S/c20-16-12-15(6-7-17(16)29-18(21)22)30(27,28)25-10-8-14(9-11-25)24-19(26)23-13-4-2-1-3-5-13/h6-7,12-14,18H,1-5,8-11H2,(H2,23,24,26). The Balaban J connectivity index is 1.53. The predicted octanol–water partition coefficient (Wildman–Crippen LogP) is 3.73. The lowest BCUT2D eigenvalue weighted by Crippen LogP contribution is -2.51. The van der Waals surface area contributed by atoms with Gasteiger partial charge in [-0.05, 0) is 43.9 Å². The molecule has 1 aliphatic heterocycles. The summed E-state index contributed by atoms with van der Waals surface area (Å²) in [6, 6.07) is 3.32. The van der Waals surface area contributed by atoms with Gasteiger partial charge in [0.1, 0.15) is 5.75 Å². The van der Waals surface area contributed by atoms with Gasteiger partial charge in [0.05, 0.1) is 9.92 Å². The molecule has 11 heteroatoms. The molecule has 1 heterocycles. The molecule has 30 heavy (non-hydrogen) atoms. The first-order valence-electron chi connectivity index (χ1n) is 10.1. The highest BCUT2D eigenvalue weighted by molar-refractivity contribution is 7.89. The molecular formula is C19H26ClF2N3O4S. The maximum absolute atomic E-state index is 12.8. The number of alkyl halides is 2. The summed E-state index contributed by atoms with van der Waals surface area (Å²) in [5, 5.41) is 5.73. The first-order valence-corrected chi connectivity index (χ1v) is 11.9. The second-order valence-electron chi connectivity index (χ2n) is 7.60. The summed E-state index contributed by atoms with van der Waals surface area (Å²) in [5.41, 5.74) is 0. The Kier molecular flexibility index (Phi) is 7.75. The Morgan fingerprint density at radius 3 is 2.23 bits per heavy atom. The van der Waals surface area contributed by atoms with E-state index in [0.717, 1.165) is 37.8 Å². The number of nitrogens with zero attached hydrogens (tertiary/aromatic N) is 1. The lowest BCUT2D eigenvalue weighted by atomic mass is 9.96. The van der Waals surface area contributed by atoms with Crippen molar-refractivity contribution in [3.63, 3.8) is 0 Å². The number of rotatable bonds is 6. The van der Waals surface area contributed by atoms with Crippen molar-refractivity contribution in [3.05, 3.63) is 23.2 Å². The molecule has 3 rings (SSSR count). The number of sulfonamides is 1. The number of hydrogen-bond donors (Lipinski definition) is 2. The molecule has 0 bridgehead atoms. The zero-order chi connectivity index (χ0) is 21.7. The third kappa shape index (κ3) is 5.95. The molecular weight excluding hydrogens is 440 g/mol. The second kappa shape index (κ2) is 10.1. The molecule has 1 aliphatic carbocycles. The van der Waals surface area contributed by atoms with Gasteiger partial charge < -0.3 is 15.4 Å². The molecule has 1 saturated heterocycles. The van der Waals surface area contributed by atoms with Crippen molar-refractivity contribution >= 4 is 27.7 Å². The van der Waals surface area contributed by atoms with E-state index >= 15 is 0 Å². The molecule has 2 amide bonds. The van der Waals surface area contributed by atoms with Crippen molar-refractivity contribution in [1.29, 1.82) is 0 Å². The number of halogens is 3. The molecule has 0 aromatic heterocycles. The van der Waals surface area contributed by atoms with Crippen molar-refractivity contribution in [2.75, 3.05) is 13.1 Å². The number of ether oxygens (including phenoxy) is 1. The minimum Gasteiger partial charge on any atom is -0.433 e. The van der Waals surface area contributed by atoms with E-state index in [-0.39, 0.29) is 46.9 Å². The maximum atomic E-state index is 12.8. The number of hydrogen-bond acceptors (Lipinski definition) is 4. The second-order valence-corrected chi connectivity index (χ2v) is 9.95. The largest absolute Gasteiger partial charge is 0.433 e. The fourth-order valence-electron chi connectivity index (χ4n) is 3.88. The van der Waals surface area contributed by atoms with E-state index < -0.39 is 16.6 Å². The zero-order valence-electron chi connectivity index (χ0n) is 16.5. The monoisotopic (exact) mass is 465 g/mol. The predicted molar refractivity (Wildman–Crippen MR) is 108 cm³/mol. The van der Waals surface area contributed by atoms with Gasteiger partial charge in [-0.3, -0.25) is 0 Å². The summed E-state index contributed by atoms with van der Waals surface area (Å²) in [6.07, 6.45) is 6.41. The van der Waals surface area contributed by atoms with E-state index in [0.29, 0.717) is 12.8 Å². The molecule has 7 nitrogen and oxygen atoms in total. The van der Waals surface area contributed by atoms with E-state index in [1.807, 2.05) is 0 Å². The van der Waals surface area contributed by atoms with Gasteiger partial charge in [0.15, 0.2) is 0 Å². The quantitative estimate of drug-likeness (QED) is 0.670. The fraction of sp³-hybridized carbons (Fsp3) is 0.632. The minimum absolute atomic E-state index is 0.0874. The van der Waals surface area contributed by atoms with Gasteiger partial charge in [0, 0.05) is 25.2 Å². The molecule has 0 unspecified atom stereocenters. The number of nitrogens with one attached hydrogen (secondary N) is 2. The summed E-state index contributed by atoms with van der Waals surface area (Å²) in [4.78, 5) is 12.1. The molecule has 168 valence electrons. The molecule has 0 spiro atoms. The van der Waals surface area contributed by atoms with Gasteiger partial charge in [0.25, 0.3) is 0 Å². The van der Waals surface area contributed by atoms with Crippen molar-refractivity contribution in [1.82, 2.24) is 14.9 Å². The van der Waals surface area contributed by atoms with Crippen LogP contribution in [0.3, 0.4) is 0 Å². The Bertz CT molecular complexity index is 842. The van der Waals surface area contributed by atoms with Crippen LogP contribution in [0.25, 0.3) is 0 Å². The number of benzene rings is 1. The van der Waals surface area contributed by atoms with E-state index in [1.54, 1.807) is 0 Å². The Morgan fingerprint density at radius 2 is 1.67 bits per heavy atom. The number of amides is 2. The van der Waals surface area contributed by atoms with Crippen LogP contribution in [-0.4, -0.2) is 50.5 Å². The fourth-order valence-corrected chi connectivity index (χ4v) is 5.67. The smallest absolute Gasteiger partial charge is 0.387 e. The van der Waals surface area contributed by atoms with Crippen LogP contribution in [0.5, 0.6) is 5.75 Å². The van der Waals surface area contributed by atoms with E-state index in [4.69, 9.17) is 11.6 Å². The van der Waals surface area contributed by atoms with Crippen LogP contribution < -0.4 is 15.4 Å². The molecule has 0 atom stereocenters. The van der Waals surface area contributed by atoms with Crippen LogP contribution >= 0.6 is 11.6 Å². The Morgan fingerprint density at radius 1 is 1.07 bits per heavy atom. The average Bonchev–Trinajstić information content (AvgIpc) is 2.70. The van der Waals surface area contributed by atoms with Gasteiger partial charge >= 0.3 is 12.6 Å². The van der Waals surface area contributed by atoms with E-state index in [2.05, 4.69) is 15.4 Å². The summed E-state index contributed by atoms with van der Waals surface area (Å²) in [6.45, 7) is -2.57. The first-order chi connectivity index (χ1) is 14.3. The van der Waals surface area contributed by atoms with Gasteiger partial charge in [-0.2, -0.15) is 13.1 Å². The van der Waals surface area contributed by atoms with Crippen molar-refractivity contribution in [2.45, 2.75) is 68.5 Å². The highest BCUT2D eigenvalue weighted by Gasteiger charge is 2.31. The molecule has 0 radical (unpaired) electrons. The topological polar surface area (TPSA) is 87.7 Å². The molecule has 2 fully saturated rings. The number of carbonyl (C=O) groups is 1. The molecule has 2 aliphatic rings. The van der Waals surface area contributed by atoms with Crippen molar-refractivity contribution in [3.8, 4) is 5.75 Å². The normalized spacial score (nSPS) is 19.6. The lowest BCUT2D eigenvalue weighted by Gasteiger charge is -2.32. The minimum atomic E-state index is -3.83. The van der Waals surface area contributed by atoms with Crippen molar-refractivity contribution < 1.29 is 26.7 Å². The van der Waals surface area contributed by atoms with E-state index in [1.165, 1.54) is 16.8 Å². The highest BCUT2D eigenvalue weighted by atomic mass is 35.5. The Hall–Kier alpha value is -1.65. The van der Waals surface area contributed by atoms with Gasteiger partial charge in [-0.1, -0.05) is 30.9 Å². The van der Waals surface area contributed by atoms with Crippen LogP contribution in [0.4, 0.5) is 13.6 Å². The molecule has 1 saturated carbocycles. The SMILES string of the molecule is O=C(NC1CCCCC1)NC1CCN(S(=O)(=O)c2ccc(OC(F)F)c(Cl)c2)CC1. The van der Waals surface area contributed by atoms with Crippen LogP contribution in [0.2, 0.25) is 5.02 Å². The Labute approximate surface area is 180 Å². The number of urea groups is 1. The van der Waals surface area contributed by atoms with Crippen LogP contribution in [-0.2, 0) is 10.0 Å². The van der Waals surface area contributed by atoms with Crippen LogP contribution in [0, 0.1) is 0 Å². The zero-order valence-corrected chi connectivity index (χ0v) is 18.0. The van der Waals surface area contributed by atoms with Gasteiger partial charge in [-0.25, -0.2) is 13.2 Å². The maximum Gasteiger partial charge on any atom is 0.387 e. The van der Waals surface area contributed by atoms with Gasteiger partial charge in [-0.15, -0.1) is 0 Å². The number of piperidine rings is 1. The van der Waals surface area contributed by atoms with Gasteiger partial charge in [0.2, 0.25) is 10.0 Å². The summed E-state index contributed by atoms with van der Waals surface area (Å²) < 4.78 is 55.9. The summed E-state index contributed by atoms with van der Waals surface area (Å²) >= 11 is 5.88. The molecule has 1 aromatic carbocycles. The molecule has 1 aromatic rings. The summed E-state index contributed by atoms with van der Waals surface area (Å²) in [7, 11) is -3.83. The third-order valence-corrected chi connectivity index (χ3v) is 7.68. The molecule has 2 N–H and O–H groups in total. The average molecular weight is 466 g/mol. The first kappa shape index (κ1) is 23.0. The van der Waals surface area contributed by atoms with E-state index in [9.17, 15) is 22.0 Å². The highest BCUT2D eigenvalue weighted by Crippen LogP contribution is 2.30. The third-order valence-electron chi connectivity index (χ3n) is 5.49. The van der Waals surface area contributed by atoms with Crippen LogP contribution in [0.1, 0.15) is 44.9 Å². The van der Waals surface area contributed by atoms with Crippen LogP contribution in [0.15, 0.2) is 23.1 Å². The number of carbonyl (C=O) groups excluding carboxylic acids is 1. The summed E-state index contributed by atoms with van der Waals surface area (Å²) in [5.74, 6) is -0.280. The lowest BCUT2D eigenvalue weighted by molar-refractivity contribution is -0.0498. The van der Waals surface area contributed by atoms with Crippen molar-refractivity contribution in [2.24, 2.45) is 0 Å².